The van der Waals surface area contributed by atoms with Crippen LogP contribution in [-0.2, 0) is 9.47 Å². The third-order valence-corrected chi connectivity index (χ3v) is 5.11. The smallest absolute Gasteiger partial charge is 0.169 e. The molecule has 1 aromatic rings. The molecule has 0 aromatic heterocycles. The van der Waals surface area contributed by atoms with Crippen molar-refractivity contribution in [1.29, 1.82) is 0 Å². The van der Waals surface area contributed by atoms with Gasteiger partial charge in [0, 0.05) is 26.3 Å². The van der Waals surface area contributed by atoms with Crippen LogP contribution < -0.4 is 0 Å². The van der Waals surface area contributed by atoms with E-state index in [1.807, 2.05) is 12.1 Å². The topological polar surface area (TPSA) is 41.9 Å². The van der Waals surface area contributed by atoms with Crippen molar-refractivity contribution < 1.29 is 14.6 Å². The quantitative estimate of drug-likeness (QED) is 0.847. The van der Waals surface area contributed by atoms with Crippen molar-refractivity contribution in [2.75, 3.05) is 20.8 Å². The molecule has 116 valence electrons. The van der Waals surface area contributed by atoms with Crippen LogP contribution in [0.1, 0.15) is 37.2 Å². The second kappa shape index (κ2) is 6.34. The average molecular weight is 291 g/mol. The van der Waals surface area contributed by atoms with Crippen LogP contribution in [-0.4, -0.2) is 49.1 Å². The maximum atomic E-state index is 9.68. The summed E-state index contributed by atoms with van der Waals surface area (Å²) in [6.07, 6.45) is 4.73. The molecule has 0 radical (unpaired) electrons. The summed E-state index contributed by atoms with van der Waals surface area (Å²) in [6, 6.07) is 8.99. The normalized spacial score (nSPS) is 29.2. The summed E-state index contributed by atoms with van der Waals surface area (Å²) >= 11 is 0. The lowest BCUT2D eigenvalue weighted by Crippen LogP contribution is -2.46. The largest absolute Gasteiger partial charge is 0.508 e. The molecule has 0 saturated carbocycles. The van der Waals surface area contributed by atoms with E-state index in [0.717, 1.165) is 6.54 Å². The number of phenols is 1. The van der Waals surface area contributed by atoms with Crippen LogP contribution in [0, 0.1) is 0 Å². The molecule has 2 heterocycles. The Labute approximate surface area is 126 Å². The van der Waals surface area contributed by atoms with E-state index in [1.165, 1.54) is 31.2 Å². The Bertz CT molecular complexity index is 461. The minimum absolute atomic E-state index is 0.134. The van der Waals surface area contributed by atoms with E-state index in [9.17, 15) is 5.11 Å². The third-order valence-electron chi connectivity index (χ3n) is 5.11. The second-order valence-electron chi connectivity index (χ2n) is 6.25. The Kier molecular flexibility index (Phi) is 4.48. The van der Waals surface area contributed by atoms with Gasteiger partial charge in [0.15, 0.2) is 6.29 Å². The number of benzene rings is 1. The molecule has 21 heavy (non-hydrogen) atoms. The van der Waals surface area contributed by atoms with Gasteiger partial charge in [-0.3, -0.25) is 4.90 Å². The molecule has 0 unspecified atom stereocenters. The van der Waals surface area contributed by atoms with Gasteiger partial charge in [0.05, 0.1) is 6.54 Å². The minimum atomic E-state index is -0.134. The van der Waals surface area contributed by atoms with E-state index in [-0.39, 0.29) is 6.29 Å². The monoisotopic (exact) mass is 291 g/mol. The highest BCUT2D eigenvalue weighted by Crippen LogP contribution is 2.43. The van der Waals surface area contributed by atoms with Crippen molar-refractivity contribution in [2.45, 2.75) is 50.0 Å². The Balaban J connectivity index is 1.69. The van der Waals surface area contributed by atoms with Crippen molar-refractivity contribution in [3.8, 4) is 5.75 Å². The average Bonchev–Trinajstić information content (AvgIpc) is 2.73. The molecule has 1 N–H and O–H groups in total. The number of phenolic OH excluding ortho intramolecular Hbond substituents is 1. The Hall–Kier alpha value is -1.10. The first-order valence-corrected chi connectivity index (χ1v) is 7.81. The summed E-state index contributed by atoms with van der Waals surface area (Å²) in [5.41, 5.74) is 1.28. The second-order valence-corrected chi connectivity index (χ2v) is 6.25. The number of hydrogen-bond donors (Lipinski definition) is 1. The number of methoxy groups -OCH3 is 2. The molecule has 2 fully saturated rings. The van der Waals surface area contributed by atoms with Gasteiger partial charge < -0.3 is 14.6 Å². The van der Waals surface area contributed by atoms with Crippen molar-refractivity contribution in [1.82, 2.24) is 4.90 Å². The van der Waals surface area contributed by atoms with E-state index < -0.39 is 0 Å². The van der Waals surface area contributed by atoms with Crippen LogP contribution in [0.4, 0.5) is 0 Å². The first kappa shape index (κ1) is 14.8. The number of hydrogen-bond acceptors (Lipinski definition) is 4. The van der Waals surface area contributed by atoms with Gasteiger partial charge in [0.2, 0.25) is 0 Å². The molecule has 4 heteroatoms. The number of ether oxygens (including phenoxy) is 2. The summed E-state index contributed by atoms with van der Waals surface area (Å²) in [4.78, 5) is 2.57. The lowest BCUT2D eigenvalue weighted by molar-refractivity contribution is -0.125. The molecule has 3 rings (SSSR count). The summed E-state index contributed by atoms with van der Waals surface area (Å²) in [5.74, 6) is 0.940. The van der Waals surface area contributed by atoms with Gasteiger partial charge in [-0.2, -0.15) is 0 Å². The number of aromatic hydroxyl groups is 1. The molecule has 2 aliphatic rings. The molecule has 0 spiro atoms. The van der Waals surface area contributed by atoms with E-state index in [4.69, 9.17) is 9.47 Å². The Morgan fingerprint density at radius 3 is 2.43 bits per heavy atom. The number of nitrogens with zero attached hydrogens (tertiary/aromatic N) is 1. The highest BCUT2D eigenvalue weighted by molar-refractivity contribution is 5.30. The van der Waals surface area contributed by atoms with Crippen LogP contribution in [0.15, 0.2) is 24.3 Å². The van der Waals surface area contributed by atoms with Crippen LogP contribution >= 0.6 is 0 Å². The molecule has 1 aromatic carbocycles. The molecule has 2 saturated heterocycles. The van der Waals surface area contributed by atoms with E-state index >= 15 is 0 Å². The molecular weight excluding hydrogens is 266 g/mol. The van der Waals surface area contributed by atoms with Crippen molar-refractivity contribution in [3.05, 3.63) is 29.8 Å². The van der Waals surface area contributed by atoms with Gasteiger partial charge in [0.1, 0.15) is 5.75 Å². The van der Waals surface area contributed by atoms with Gasteiger partial charge >= 0.3 is 0 Å². The molecule has 3 atom stereocenters. The van der Waals surface area contributed by atoms with Crippen LogP contribution in [0.5, 0.6) is 5.75 Å². The van der Waals surface area contributed by atoms with Crippen molar-refractivity contribution in [3.63, 3.8) is 0 Å². The fourth-order valence-corrected chi connectivity index (χ4v) is 4.04. The maximum Gasteiger partial charge on any atom is 0.169 e. The highest BCUT2D eigenvalue weighted by atomic mass is 16.7. The van der Waals surface area contributed by atoms with Gasteiger partial charge in [0.25, 0.3) is 0 Å². The van der Waals surface area contributed by atoms with Gasteiger partial charge in [-0.25, -0.2) is 0 Å². The zero-order chi connectivity index (χ0) is 14.8. The highest BCUT2D eigenvalue weighted by Gasteiger charge is 2.41. The maximum absolute atomic E-state index is 9.68. The minimum Gasteiger partial charge on any atom is -0.508 e. The third kappa shape index (κ3) is 3.07. The van der Waals surface area contributed by atoms with Crippen LogP contribution in [0.2, 0.25) is 0 Å². The number of piperidine rings is 1. The predicted octanol–water partition coefficient (Wildman–Crippen LogP) is 2.72. The Morgan fingerprint density at radius 2 is 1.86 bits per heavy atom. The van der Waals surface area contributed by atoms with Crippen molar-refractivity contribution >= 4 is 0 Å². The molecular formula is C17H25NO3. The van der Waals surface area contributed by atoms with Crippen LogP contribution in [0.3, 0.4) is 0 Å². The van der Waals surface area contributed by atoms with Crippen molar-refractivity contribution in [2.24, 2.45) is 0 Å². The van der Waals surface area contributed by atoms with E-state index in [1.54, 1.807) is 20.3 Å². The Morgan fingerprint density at radius 1 is 1.19 bits per heavy atom. The van der Waals surface area contributed by atoms with Gasteiger partial charge in [-0.15, -0.1) is 0 Å². The van der Waals surface area contributed by atoms with Crippen LogP contribution in [0.25, 0.3) is 0 Å². The molecule has 0 amide bonds. The van der Waals surface area contributed by atoms with Gasteiger partial charge in [-0.05, 0) is 49.3 Å². The predicted molar refractivity (Wildman–Crippen MR) is 81.4 cm³/mol. The molecule has 2 aliphatic heterocycles. The molecule has 2 bridgehead atoms. The number of fused-ring (bicyclic) bond motifs is 2. The zero-order valence-electron chi connectivity index (χ0n) is 12.9. The summed E-state index contributed by atoms with van der Waals surface area (Å²) in [5, 5.41) is 9.68. The number of rotatable bonds is 5. The zero-order valence-corrected chi connectivity index (χ0v) is 12.9. The first-order chi connectivity index (χ1) is 10.2. The van der Waals surface area contributed by atoms with E-state index in [0.29, 0.717) is 23.8 Å². The SMILES string of the molecule is COC(CN1[C@@H]2CC[C@H]1C[C@@H](c1cccc(O)c1)C2)OC. The summed E-state index contributed by atoms with van der Waals surface area (Å²) < 4.78 is 10.7. The lowest BCUT2D eigenvalue weighted by Gasteiger charge is -2.40. The fourth-order valence-electron chi connectivity index (χ4n) is 4.04. The fraction of sp³-hybridized carbons (Fsp3) is 0.647. The molecule has 0 aliphatic carbocycles. The van der Waals surface area contributed by atoms with Gasteiger partial charge in [-0.1, -0.05) is 12.1 Å². The first-order valence-electron chi connectivity index (χ1n) is 7.81. The summed E-state index contributed by atoms with van der Waals surface area (Å²) in [6.45, 7) is 0.856. The lowest BCUT2D eigenvalue weighted by atomic mass is 9.85. The standard InChI is InChI=1S/C17H25NO3/c1-20-17(21-2)11-18-14-6-7-15(18)9-13(8-14)12-4-3-5-16(19)10-12/h3-5,10,13-15,17,19H,6-9,11H2,1-2H3/t13-,14+,15-. The molecule has 4 nitrogen and oxygen atoms in total. The van der Waals surface area contributed by atoms with E-state index in [2.05, 4.69) is 11.0 Å². The summed E-state index contributed by atoms with van der Waals surface area (Å²) in [7, 11) is 3.41.